The number of nitrogens with zero attached hydrogens (tertiary/aromatic N) is 1. The van der Waals surface area contributed by atoms with Crippen LogP contribution in [-0.2, 0) is 0 Å². The van der Waals surface area contributed by atoms with Crippen LogP contribution in [0.4, 0.5) is 0 Å². The van der Waals surface area contributed by atoms with Crippen molar-refractivity contribution in [2.45, 2.75) is 50.5 Å². The molecule has 1 aromatic heterocycles. The van der Waals surface area contributed by atoms with Gasteiger partial charge in [-0.3, -0.25) is 0 Å². The first-order chi connectivity index (χ1) is 7.43. The van der Waals surface area contributed by atoms with Crippen molar-refractivity contribution in [1.29, 1.82) is 0 Å². The van der Waals surface area contributed by atoms with Gasteiger partial charge in [0.05, 0.1) is 5.03 Å². The summed E-state index contributed by atoms with van der Waals surface area (Å²) in [5.74, 6) is 1.21. The molecule has 0 bridgehead atoms. The Morgan fingerprint density at radius 2 is 1.81 bits per heavy atom. The number of rotatable bonds is 8. The van der Waals surface area contributed by atoms with E-state index in [1.165, 1.54) is 44.3 Å². The van der Waals surface area contributed by atoms with Crippen LogP contribution in [0.1, 0.15) is 45.4 Å². The van der Waals surface area contributed by atoms with Gasteiger partial charge in [0.25, 0.3) is 0 Å². The monoisotopic (exact) mass is 303 g/mol. The second-order valence-electron chi connectivity index (χ2n) is 3.78. The molecule has 0 fully saturated rings. The van der Waals surface area contributed by atoms with Crippen molar-refractivity contribution in [3.63, 3.8) is 0 Å². The summed E-state index contributed by atoms with van der Waals surface area (Å²) in [4.78, 5) is 4.29. The normalized spacial score (nSPS) is 9.81. The van der Waals surface area contributed by atoms with E-state index < -0.39 is 0 Å². The maximum atomic E-state index is 4.29. The Labute approximate surface area is 114 Å². The van der Waals surface area contributed by atoms with Crippen LogP contribution in [0.15, 0.2) is 29.4 Å². The van der Waals surface area contributed by atoms with Crippen molar-refractivity contribution < 1.29 is 0 Å². The minimum absolute atomic E-state index is 0. The topological polar surface area (TPSA) is 12.9 Å². The zero-order chi connectivity index (χ0) is 10.8. The summed E-state index contributed by atoms with van der Waals surface area (Å²) >= 11 is 1.87. The molecule has 0 amide bonds. The van der Waals surface area contributed by atoms with E-state index in [1.807, 2.05) is 24.0 Å². The highest BCUT2D eigenvalue weighted by Gasteiger charge is 1.94. The lowest BCUT2D eigenvalue weighted by Gasteiger charge is -2.00. The summed E-state index contributed by atoms with van der Waals surface area (Å²) in [6, 6.07) is 6.10. The number of aromatic nitrogens is 1. The third-order valence-corrected chi connectivity index (χ3v) is 3.42. The molecule has 0 N–H and O–H groups in total. The Balaban J connectivity index is 0.00000225. The molecule has 0 unspecified atom stereocenters. The molecule has 0 atom stereocenters. The Kier molecular flexibility index (Phi) is 11.5. The molecule has 1 heterocycles. The molecular weight excluding hydrogens is 282 g/mol. The van der Waals surface area contributed by atoms with Crippen LogP contribution in [0, 0.1) is 0 Å². The molecule has 3 heteroatoms. The van der Waals surface area contributed by atoms with Gasteiger partial charge in [-0.2, -0.15) is 0 Å². The van der Waals surface area contributed by atoms with Crippen molar-refractivity contribution in [2.75, 3.05) is 5.75 Å². The highest BCUT2D eigenvalue weighted by molar-refractivity contribution is 8.93. The van der Waals surface area contributed by atoms with Gasteiger partial charge in [-0.1, -0.05) is 45.1 Å². The van der Waals surface area contributed by atoms with Gasteiger partial charge in [-0.25, -0.2) is 4.98 Å². The first-order valence-corrected chi connectivity index (χ1v) is 6.96. The zero-order valence-electron chi connectivity index (χ0n) is 10.0. The van der Waals surface area contributed by atoms with E-state index in [1.54, 1.807) is 0 Å². The lowest BCUT2D eigenvalue weighted by molar-refractivity contribution is 0.627. The first kappa shape index (κ1) is 16.0. The number of unbranched alkanes of at least 4 members (excludes halogenated alkanes) is 5. The van der Waals surface area contributed by atoms with E-state index >= 15 is 0 Å². The van der Waals surface area contributed by atoms with E-state index in [0.717, 1.165) is 5.03 Å². The predicted octanol–water partition coefficient (Wildman–Crippen LogP) is 5.11. The van der Waals surface area contributed by atoms with Crippen LogP contribution in [0.3, 0.4) is 0 Å². The van der Waals surface area contributed by atoms with Crippen molar-refractivity contribution >= 4 is 28.7 Å². The van der Waals surface area contributed by atoms with Crippen molar-refractivity contribution in [3.05, 3.63) is 24.4 Å². The summed E-state index contributed by atoms with van der Waals surface area (Å²) in [6.07, 6.45) is 10.1. The minimum atomic E-state index is 0. The third-order valence-electron chi connectivity index (χ3n) is 2.39. The van der Waals surface area contributed by atoms with E-state index in [9.17, 15) is 0 Å². The van der Waals surface area contributed by atoms with Crippen LogP contribution >= 0.6 is 28.7 Å². The van der Waals surface area contributed by atoms with Crippen molar-refractivity contribution in [2.24, 2.45) is 0 Å². The minimum Gasteiger partial charge on any atom is -0.250 e. The highest BCUT2D eigenvalue weighted by Crippen LogP contribution is 2.16. The van der Waals surface area contributed by atoms with Gasteiger partial charge in [0.1, 0.15) is 0 Å². The smallest absolute Gasteiger partial charge is 0.0959 e. The number of hydrogen-bond donors (Lipinski definition) is 0. The van der Waals surface area contributed by atoms with Gasteiger partial charge in [-0.05, 0) is 24.3 Å². The molecule has 0 aliphatic carbocycles. The molecule has 0 aliphatic heterocycles. The number of pyridine rings is 1. The molecule has 92 valence electrons. The molecule has 1 nitrogen and oxygen atoms in total. The first-order valence-electron chi connectivity index (χ1n) is 5.97. The number of thioether (sulfide) groups is 1. The largest absolute Gasteiger partial charge is 0.250 e. The fourth-order valence-corrected chi connectivity index (χ4v) is 2.36. The molecule has 16 heavy (non-hydrogen) atoms. The predicted molar refractivity (Wildman–Crippen MR) is 78.7 cm³/mol. The van der Waals surface area contributed by atoms with Gasteiger partial charge in [0.15, 0.2) is 0 Å². The molecule has 0 saturated heterocycles. The van der Waals surface area contributed by atoms with Crippen LogP contribution in [-0.4, -0.2) is 10.7 Å². The summed E-state index contributed by atoms with van der Waals surface area (Å²) in [7, 11) is 0. The number of hydrogen-bond acceptors (Lipinski definition) is 2. The van der Waals surface area contributed by atoms with Crippen LogP contribution < -0.4 is 0 Å². The maximum absolute atomic E-state index is 4.29. The van der Waals surface area contributed by atoms with Crippen LogP contribution in [0.2, 0.25) is 0 Å². The SMILES string of the molecule is Br.CCCCCCCCSc1ccccn1. The lowest BCUT2D eigenvalue weighted by Crippen LogP contribution is -1.84. The van der Waals surface area contributed by atoms with E-state index in [-0.39, 0.29) is 17.0 Å². The molecular formula is C13H22BrNS. The molecule has 0 saturated carbocycles. The van der Waals surface area contributed by atoms with Gasteiger partial charge < -0.3 is 0 Å². The third kappa shape index (κ3) is 8.17. The zero-order valence-corrected chi connectivity index (χ0v) is 12.6. The maximum Gasteiger partial charge on any atom is 0.0959 e. The second kappa shape index (κ2) is 11.5. The summed E-state index contributed by atoms with van der Waals surface area (Å²) < 4.78 is 0. The second-order valence-corrected chi connectivity index (χ2v) is 4.90. The van der Waals surface area contributed by atoms with E-state index in [4.69, 9.17) is 0 Å². The van der Waals surface area contributed by atoms with E-state index in [0.29, 0.717) is 0 Å². The quantitative estimate of drug-likeness (QED) is 0.489. The molecule has 1 aromatic rings. The molecule has 1 rings (SSSR count). The standard InChI is InChI=1S/C13H21NS.BrH/c1-2-3-4-5-6-9-12-15-13-10-7-8-11-14-13;/h7-8,10-11H,2-6,9,12H2,1H3;1H. The average Bonchev–Trinajstić information content (AvgIpc) is 2.29. The number of halogens is 1. The van der Waals surface area contributed by atoms with Gasteiger partial charge >= 0.3 is 0 Å². The molecule has 0 radical (unpaired) electrons. The highest BCUT2D eigenvalue weighted by atomic mass is 79.9. The summed E-state index contributed by atoms with van der Waals surface area (Å²) in [6.45, 7) is 2.26. The Morgan fingerprint density at radius 1 is 1.06 bits per heavy atom. The van der Waals surface area contributed by atoms with Gasteiger partial charge in [0, 0.05) is 6.20 Å². The van der Waals surface area contributed by atoms with Crippen LogP contribution in [0.5, 0.6) is 0 Å². The lowest BCUT2D eigenvalue weighted by atomic mass is 10.1. The summed E-state index contributed by atoms with van der Waals surface area (Å²) in [5, 5.41) is 1.16. The van der Waals surface area contributed by atoms with Gasteiger partial charge in [0.2, 0.25) is 0 Å². The van der Waals surface area contributed by atoms with Gasteiger partial charge in [-0.15, -0.1) is 28.7 Å². The van der Waals surface area contributed by atoms with Crippen molar-refractivity contribution in [1.82, 2.24) is 4.98 Å². The fourth-order valence-electron chi connectivity index (χ4n) is 1.49. The Bertz CT molecular complexity index is 241. The Morgan fingerprint density at radius 3 is 2.50 bits per heavy atom. The summed E-state index contributed by atoms with van der Waals surface area (Å²) in [5.41, 5.74) is 0. The van der Waals surface area contributed by atoms with E-state index in [2.05, 4.69) is 24.0 Å². The molecule has 0 aromatic carbocycles. The van der Waals surface area contributed by atoms with Crippen LogP contribution in [0.25, 0.3) is 0 Å². The van der Waals surface area contributed by atoms with Crippen molar-refractivity contribution in [3.8, 4) is 0 Å². The Hall–Kier alpha value is -0.0200. The molecule has 0 spiro atoms. The fraction of sp³-hybridized carbons (Fsp3) is 0.615. The molecule has 0 aliphatic rings. The average molecular weight is 304 g/mol.